The van der Waals surface area contributed by atoms with Gasteiger partial charge in [-0.3, -0.25) is 4.79 Å². The zero-order valence-corrected chi connectivity index (χ0v) is 14.1. The maximum absolute atomic E-state index is 12.6. The maximum atomic E-state index is 12.6. The first-order valence-corrected chi connectivity index (χ1v) is 8.52. The molecule has 1 aliphatic rings. The van der Waals surface area contributed by atoms with Gasteiger partial charge in [0.1, 0.15) is 6.61 Å². The minimum Gasteiger partial charge on any atom is -0.445 e. The topological polar surface area (TPSA) is 72.6 Å². The Morgan fingerprint density at radius 1 is 1.04 bits per heavy atom. The van der Waals surface area contributed by atoms with E-state index in [0.29, 0.717) is 12.1 Å². The van der Waals surface area contributed by atoms with Gasteiger partial charge in [0.25, 0.3) is 0 Å². The Labute approximate surface area is 147 Å². The molecule has 25 heavy (non-hydrogen) atoms. The van der Waals surface area contributed by atoms with E-state index >= 15 is 0 Å². The Bertz CT molecular complexity index is 728. The summed E-state index contributed by atoms with van der Waals surface area (Å²) in [6, 6.07) is 16.8. The molecule has 1 fully saturated rings. The fourth-order valence-corrected chi connectivity index (χ4v) is 3.17. The summed E-state index contributed by atoms with van der Waals surface area (Å²) >= 11 is 0. The SMILES string of the molecule is NC(=O)c1ccc(C2CCCCN2C(=O)OCc2ccccc2)cc1. The van der Waals surface area contributed by atoms with E-state index in [0.717, 1.165) is 30.4 Å². The average Bonchev–Trinajstić information content (AvgIpc) is 2.67. The first-order valence-electron chi connectivity index (χ1n) is 8.52. The summed E-state index contributed by atoms with van der Waals surface area (Å²) in [5, 5.41) is 0. The van der Waals surface area contributed by atoms with E-state index < -0.39 is 5.91 Å². The van der Waals surface area contributed by atoms with Crippen LogP contribution in [0, 0.1) is 0 Å². The minimum atomic E-state index is -0.450. The molecule has 1 unspecified atom stereocenters. The third kappa shape index (κ3) is 4.18. The van der Waals surface area contributed by atoms with Gasteiger partial charge in [-0.15, -0.1) is 0 Å². The van der Waals surface area contributed by atoms with E-state index in [1.807, 2.05) is 42.5 Å². The van der Waals surface area contributed by atoms with Crippen LogP contribution in [-0.2, 0) is 11.3 Å². The van der Waals surface area contributed by atoms with Crippen molar-refractivity contribution in [2.75, 3.05) is 6.54 Å². The van der Waals surface area contributed by atoms with Crippen LogP contribution in [-0.4, -0.2) is 23.4 Å². The van der Waals surface area contributed by atoms with Crippen LogP contribution in [0.5, 0.6) is 0 Å². The van der Waals surface area contributed by atoms with E-state index in [1.54, 1.807) is 17.0 Å². The lowest BCUT2D eigenvalue weighted by molar-refractivity contribution is 0.0678. The van der Waals surface area contributed by atoms with E-state index in [-0.39, 0.29) is 18.7 Å². The van der Waals surface area contributed by atoms with Gasteiger partial charge in [0, 0.05) is 12.1 Å². The van der Waals surface area contributed by atoms with Crippen molar-refractivity contribution in [2.45, 2.75) is 31.9 Å². The lowest BCUT2D eigenvalue weighted by Gasteiger charge is -2.35. The van der Waals surface area contributed by atoms with Gasteiger partial charge in [-0.05, 0) is 42.5 Å². The number of primary amides is 1. The Morgan fingerprint density at radius 2 is 1.76 bits per heavy atom. The molecule has 1 heterocycles. The number of nitrogens with zero attached hydrogens (tertiary/aromatic N) is 1. The summed E-state index contributed by atoms with van der Waals surface area (Å²) < 4.78 is 5.49. The number of carbonyl (C=O) groups excluding carboxylic acids is 2. The molecule has 130 valence electrons. The van der Waals surface area contributed by atoms with Crippen molar-refractivity contribution in [1.29, 1.82) is 0 Å². The molecule has 5 nitrogen and oxygen atoms in total. The summed E-state index contributed by atoms with van der Waals surface area (Å²) in [5.41, 5.74) is 7.73. The van der Waals surface area contributed by atoms with Crippen LogP contribution in [0.25, 0.3) is 0 Å². The molecular formula is C20H22N2O3. The second-order valence-electron chi connectivity index (χ2n) is 6.23. The fraction of sp³-hybridized carbons (Fsp3) is 0.300. The quantitative estimate of drug-likeness (QED) is 0.925. The fourth-order valence-electron chi connectivity index (χ4n) is 3.17. The van der Waals surface area contributed by atoms with Gasteiger partial charge in [-0.2, -0.15) is 0 Å². The van der Waals surface area contributed by atoms with Gasteiger partial charge in [-0.1, -0.05) is 42.5 Å². The zero-order chi connectivity index (χ0) is 17.6. The maximum Gasteiger partial charge on any atom is 0.410 e. The molecule has 2 N–H and O–H groups in total. The van der Waals surface area contributed by atoms with Crippen molar-refractivity contribution in [2.24, 2.45) is 5.73 Å². The summed E-state index contributed by atoms with van der Waals surface area (Å²) in [7, 11) is 0. The molecule has 3 rings (SSSR count). The molecule has 0 bridgehead atoms. The third-order valence-electron chi connectivity index (χ3n) is 4.52. The molecule has 0 radical (unpaired) electrons. The number of ether oxygens (including phenoxy) is 1. The normalized spacial score (nSPS) is 17.1. The summed E-state index contributed by atoms with van der Waals surface area (Å²) in [5.74, 6) is -0.450. The van der Waals surface area contributed by atoms with Gasteiger partial charge in [0.15, 0.2) is 0 Å². The van der Waals surface area contributed by atoms with Crippen LogP contribution >= 0.6 is 0 Å². The number of amides is 2. The van der Waals surface area contributed by atoms with Crippen molar-refractivity contribution in [3.8, 4) is 0 Å². The average molecular weight is 338 g/mol. The molecule has 0 aromatic heterocycles. The number of nitrogens with two attached hydrogens (primary N) is 1. The van der Waals surface area contributed by atoms with Crippen LogP contribution in [0.4, 0.5) is 4.79 Å². The molecule has 2 aromatic rings. The summed E-state index contributed by atoms with van der Waals surface area (Å²) in [4.78, 5) is 25.6. The monoisotopic (exact) mass is 338 g/mol. The first kappa shape index (κ1) is 17.0. The van der Waals surface area contributed by atoms with Crippen LogP contribution in [0.15, 0.2) is 54.6 Å². The molecule has 2 amide bonds. The minimum absolute atomic E-state index is 0.0288. The second-order valence-corrected chi connectivity index (χ2v) is 6.23. The molecular weight excluding hydrogens is 316 g/mol. The lowest BCUT2D eigenvalue weighted by atomic mass is 9.95. The Kier molecular flexibility index (Phi) is 5.33. The highest BCUT2D eigenvalue weighted by atomic mass is 16.6. The molecule has 5 heteroatoms. The molecule has 0 spiro atoms. The standard InChI is InChI=1S/C20H22N2O3/c21-19(23)17-11-9-16(10-12-17)18-8-4-5-13-22(18)20(24)25-14-15-6-2-1-3-7-15/h1-3,6-7,9-12,18H,4-5,8,13-14H2,(H2,21,23). The Morgan fingerprint density at radius 3 is 2.44 bits per heavy atom. The molecule has 0 saturated carbocycles. The third-order valence-corrected chi connectivity index (χ3v) is 4.52. The second kappa shape index (κ2) is 7.83. The number of likely N-dealkylation sites (tertiary alicyclic amines) is 1. The number of benzene rings is 2. The number of carbonyl (C=O) groups is 2. The van der Waals surface area contributed by atoms with Gasteiger partial charge < -0.3 is 15.4 Å². The summed E-state index contributed by atoms with van der Waals surface area (Å²) in [6.45, 7) is 0.944. The van der Waals surface area contributed by atoms with E-state index in [4.69, 9.17) is 10.5 Å². The van der Waals surface area contributed by atoms with Crippen molar-refractivity contribution >= 4 is 12.0 Å². The van der Waals surface area contributed by atoms with Crippen molar-refractivity contribution < 1.29 is 14.3 Å². The smallest absolute Gasteiger partial charge is 0.410 e. The molecule has 0 aliphatic carbocycles. The van der Waals surface area contributed by atoms with Gasteiger partial charge >= 0.3 is 6.09 Å². The van der Waals surface area contributed by atoms with Crippen molar-refractivity contribution in [3.05, 3.63) is 71.3 Å². The van der Waals surface area contributed by atoms with Crippen molar-refractivity contribution in [1.82, 2.24) is 4.90 Å². The predicted octanol–water partition coefficient (Wildman–Crippen LogP) is 3.65. The zero-order valence-electron chi connectivity index (χ0n) is 14.1. The Balaban J connectivity index is 1.69. The van der Waals surface area contributed by atoms with Gasteiger partial charge in [0.05, 0.1) is 6.04 Å². The first-order chi connectivity index (χ1) is 12.1. The van der Waals surface area contributed by atoms with Crippen LogP contribution in [0.3, 0.4) is 0 Å². The van der Waals surface area contributed by atoms with Crippen molar-refractivity contribution in [3.63, 3.8) is 0 Å². The molecule has 1 atom stereocenters. The molecule has 2 aromatic carbocycles. The number of piperidine rings is 1. The number of hydrogen-bond acceptors (Lipinski definition) is 3. The summed E-state index contributed by atoms with van der Waals surface area (Å²) in [6.07, 6.45) is 2.62. The highest BCUT2D eigenvalue weighted by Crippen LogP contribution is 2.31. The van der Waals surface area contributed by atoms with Gasteiger partial charge in [-0.25, -0.2) is 4.79 Å². The highest BCUT2D eigenvalue weighted by Gasteiger charge is 2.29. The predicted molar refractivity (Wildman–Crippen MR) is 94.9 cm³/mol. The Hall–Kier alpha value is -2.82. The lowest BCUT2D eigenvalue weighted by Crippen LogP contribution is -2.38. The van der Waals surface area contributed by atoms with E-state index in [2.05, 4.69) is 0 Å². The number of rotatable bonds is 4. The molecule has 1 saturated heterocycles. The van der Waals surface area contributed by atoms with E-state index in [9.17, 15) is 9.59 Å². The van der Waals surface area contributed by atoms with Gasteiger partial charge in [0.2, 0.25) is 5.91 Å². The van der Waals surface area contributed by atoms with E-state index in [1.165, 1.54) is 0 Å². The largest absolute Gasteiger partial charge is 0.445 e. The van der Waals surface area contributed by atoms with Crippen LogP contribution in [0.1, 0.15) is 46.8 Å². The number of hydrogen-bond donors (Lipinski definition) is 1. The highest BCUT2D eigenvalue weighted by molar-refractivity contribution is 5.92. The van der Waals surface area contributed by atoms with Crippen LogP contribution < -0.4 is 5.73 Å². The molecule has 1 aliphatic heterocycles. The van der Waals surface area contributed by atoms with Crippen LogP contribution in [0.2, 0.25) is 0 Å².